The minimum absolute atomic E-state index is 0.836. The lowest BCUT2D eigenvalue weighted by atomic mass is 9.99. The van der Waals surface area contributed by atoms with E-state index in [0.717, 1.165) is 6.04 Å². The minimum atomic E-state index is 0.836. The van der Waals surface area contributed by atoms with Gasteiger partial charge in [0, 0.05) is 12.6 Å². The van der Waals surface area contributed by atoms with Gasteiger partial charge in [-0.05, 0) is 52.0 Å². The summed E-state index contributed by atoms with van der Waals surface area (Å²) in [6.07, 6.45) is 10.8. The third kappa shape index (κ3) is 2.34. The van der Waals surface area contributed by atoms with Gasteiger partial charge in [-0.2, -0.15) is 0 Å². The lowest BCUT2D eigenvalue weighted by Gasteiger charge is -2.24. The Bertz CT molecular complexity index is 195. The first-order valence-electron chi connectivity index (χ1n) is 5.78. The smallest absolute Gasteiger partial charge is 0.0195 e. The Labute approximate surface area is 81.8 Å². The van der Waals surface area contributed by atoms with Crippen molar-refractivity contribution in [3.8, 4) is 0 Å². The Balaban J connectivity index is 1.85. The number of likely N-dealkylation sites (tertiary alicyclic amines) is 1. The fourth-order valence-corrected chi connectivity index (χ4v) is 2.54. The quantitative estimate of drug-likeness (QED) is 0.589. The Morgan fingerprint density at radius 1 is 1.38 bits per heavy atom. The standard InChI is InChI=1S/C12H21N/c1-11-6-5-9-13(11)10-12-7-3-2-4-8-12/h7,11H,2-6,8-10H2,1H3. The molecule has 0 aromatic rings. The van der Waals surface area contributed by atoms with Gasteiger partial charge in [-0.3, -0.25) is 4.90 Å². The van der Waals surface area contributed by atoms with E-state index in [1.165, 1.54) is 51.6 Å². The molecule has 0 spiro atoms. The highest BCUT2D eigenvalue weighted by atomic mass is 15.2. The van der Waals surface area contributed by atoms with Crippen LogP contribution >= 0.6 is 0 Å². The summed E-state index contributed by atoms with van der Waals surface area (Å²) < 4.78 is 0. The summed E-state index contributed by atoms with van der Waals surface area (Å²) in [4.78, 5) is 2.65. The van der Waals surface area contributed by atoms with Crippen molar-refractivity contribution in [2.75, 3.05) is 13.1 Å². The third-order valence-electron chi connectivity index (χ3n) is 3.48. The van der Waals surface area contributed by atoms with E-state index in [-0.39, 0.29) is 0 Å². The van der Waals surface area contributed by atoms with Gasteiger partial charge in [0.25, 0.3) is 0 Å². The molecule has 1 nitrogen and oxygen atoms in total. The molecule has 74 valence electrons. The van der Waals surface area contributed by atoms with Gasteiger partial charge in [0.2, 0.25) is 0 Å². The van der Waals surface area contributed by atoms with Crippen LogP contribution in [-0.4, -0.2) is 24.0 Å². The molecule has 1 saturated heterocycles. The molecular weight excluding hydrogens is 158 g/mol. The minimum Gasteiger partial charge on any atom is -0.297 e. The average Bonchev–Trinajstić information content (AvgIpc) is 2.54. The molecule has 1 heterocycles. The van der Waals surface area contributed by atoms with Crippen molar-refractivity contribution in [3.63, 3.8) is 0 Å². The Kier molecular flexibility index (Phi) is 3.05. The second-order valence-electron chi connectivity index (χ2n) is 4.57. The van der Waals surface area contributed by atoms with Crippen LogP contribution in [0.3, 0.4) is 0 Å². The molecule has 2 aliphatic rings. The van der Waals surface area contributed by atoms with Crippen molar-refractivity contribution >= 4 is 0 Å². The summed E-state index contributed by atoms with van der Waals surface area (Å²) in [6, 6.07) is 0.836. The van der Waals surface area contributed by atoms with Crippen molar-refractivity contribution in [2.24, 2.45) is 0 Å². The zero-order valence-electron chi connectivity index (χ0n) is 8.76. The summed E-state index contributed by atoms with van der Waals surface area (Å²) in [7, 11) is 0. The fourth-order valence-electron chi connectivity index (χ4n) is 2.54. The number of allylic oxidation sites excluding steroid dienone is 1. The van der Waals surface area contributed by atoms with Gasteiger partial charge in [-0.15, -0.1) is 0 Å². The highest BCUT2D eigenvalue weighted by Gasteiger charge is 2.20. The van der Waals surface area contributed by atoms with Crippen molar-refractivity contribution in [1.82, 2.24) is 4.90 Å². The molecule has 0 N–H and O–H groups in total. The maximum Gasteiger partial charge on any atom is 0.0195 e. The molecule has 0 aromatic carbocycles. The van der Waals surface area contributed by atoms with E-state index < -0.39 is 0 Å². The average molecular weight is 179 g/mol. The van der Waals surface area contributed by atoms with Crippen LogP contribution < -0.4 is 0 Å². The fraction of sp³-hybridized carbons (Fsp3) is 0.833. The van der Waals surface area contributed by atoms with Gasteiger partial charge in [0.05, 0.1) is 0 Å². The molecule has 1 fully saturated rings. The summed E-state index contributed by atoms with van der Waals surface area (Å²) in [5.74, 6) is 0. The van der Waals surface area contributed by atoms with Crippen molar-refractivity contribution in [2.45, 2.75) is 51.5 Å². The highest BCUT2D eigenvalue weighted by Crippen LogP contribution is 2.22. The van der Waals surface area contributed by atoms with E-state index in [1.807, 2.05) is 0 Å². The van der Waals surface area contributed by atoms with Crippen molar-refractivity contribution in [3.05, 3.63) is 11.6 Å². The first-order valence-corrected chi connectivity index (χ1v) is 5.78. The van der Waals surface area contributed by atoms with Crippen LogP contribution in [0.4, 0.5) is 0 Å². The monoisotopic (exact) mass is 179 g/mol. The molecule has 0 amide bonds. The van der Waals surface area contributed by atoms with Gasteiger partial charge in [-0.25, -0.2) is 0 Å². The van der Waals surface area contributed by atoms with Crippen molar-refractivity contribution < 1.29 is 0 Å². The van der Waals surface area contributed by atoms with Crippen LogP contribution in [0.25, 0.3) is 0 Å². The Hall–Kier alpha value is -0.300. The lowest BCUT2D eigenvalue weighted by Crippen LogP contribution is -2.29. The largest absolute Gasteiger partial charge is 0.297 e. The van der Waals surface area contributed by atoms with Crippen LogP contribution in [0.2, 0.25) is 0 Å². The number of rotatable bonds is 2. The van der Waals surface area contributed by atoms with E-state index in [0.29, 0.717) is 0 Å². The van der Waals surface area contributed by atoms with E-state index in [9.17, 15) is 0 Å². The highest BCUT2D eigenvalue weighted by molar-refractivity contribution is 5.08. The first kappa shape index (κ1) is 9.26. The third-order valence-corrected chi connectivity index (χ3v) is 3.48. The predicted octanol–water partition coefficient (Wildman–Crippen LogP) is 2.97. The summed E-state index contributed by atoms with van der Waals surface area (Å²) >= 11 is 0. The van der Waals surface area contributed by atoms with Crippen LogP contribution in [0.5, 0.6) is 0 Å². The SMILES string of the molecule is CC1CCCN1CC1=CCCCC1. The molecule has 1 aliphatic heterocycles. The maximum absolute atomic E-state index is 2.65. The van der Waals surface area contributed by atoms with Gasteiger partial charge < -0.3 is 0 Å². The Morgan fingerprint density at radius 2 is 2.31 bits per heavy atom. The van der Waals surface area contributed by atoms with Crippen LogP contribution in [0, 0.1) is 0 Å². The topological polar surface area (TPSA) is 3.24 Å². The molecular formula is C12H21N. The Morgan fingerprint density at radius 3 is 2.92 bits per heavy atom. The first-order chi connectivity index (χ1) is 6.36. The molecule has 2 rings (SSSR count). The van der Waals surface area contributed by atoms with Gasteiger partial charge in [0.15, 0.2) is 0 Å². The van der Waals surface area contributed by atoms with E-state index in [2.05, 4.69) is 17.9 Å². The van der Waals surface area contributed by atoms with Gasteiger partial charge in [-0.1, -0.05) is 11.6 Å². The van der Waals surface area contributed by atoms with Crippen LogP contribution in [0.1, 0.15) is 45.4 Å². The van der Waals surface area contributed by atoms with Crippen LogP contribution in [-0.2, 0) is 0 Å². The molecule has 0 bridgehead atoms. The molecule has 0 aromatic heterocycles. The lowest BCUT2D eigenvalue weighted by molar-refractivity contribution is 0.287. The molecule has 1 atom stereocenters. The summed E-state index contributed by atoms with van der Waals surface area (Å²) in [6.45, 7) is 4.97. The number of hydrogen-bond donors (Lipinski definition) is 0. The normalized spacial score (nSPS) is 30.5. The van der Waals surface area contributed by atoms with Gasteiger partial charge >= 0.3 is 0 Å². The molecule has 0 radical (unpaired) electrons. The predicted molar refractivity (Wildman–Crippen MR) is 56.8 cm³/mol. The van der Waals surface area contributed by atoms with Gasteiger partial charge in [0.1, 0.15) is 0 Å². The summed E-state index contributed by atoms with van der Waals surface area (Å²) in [5, 5.41) is 0. The second kappa shape index (κ2) is 4.28. The zero-order chi connectivity index (χ0) is 9.10. The molecule has 1 unspecified atom stereocenters. The van der Waals surface area contributed by atoms with E-state index in [4.69, 9.17) is 0 Å². The molecule has 1 aliphatic carbocycles. The summed E-state index contributed by atoms with van der Waals surface area (Å²) in [5.41, 5.74) is 1.71. The molecule has 0 saturated carbocycles. The van der Waals surface area contributed by atoms with Crippen LogP contribution in [0.15, 0.2) is 11.6 Å². The zero-order valence-corrected chi connectivity index (χ0v) is 8.76. The van der Waals surface area contributed by atoms with E-state index in [1.54, 1.807) is 5.57 Å². The number of hydrogen-bond acceptors (Lipinski definition) is 1. The molecule has 13 heavy (non-hydrogen) atoms. The van der Waals surface area contributed by atoms with Crippen molar-refractivity contribution in [1.29, 1.82) is 0 Å². The number of nitrogens with zero attached hydrogens (tertiary/aromatic N) is 1. The molecule has 1 heteroatoms. The maximum atomic E-state index is 2.65. The van der Waals surface area contributed by atoms with E-state index >= 15 is 0 Å². The second-order valence-corrected chi connectivity index (χ2v) is 4.57.